The van der Waals surface area contributed by atoms with E-state index in [0.29, 0.717) is 12.5 Å². The molecule has 1 rings (SSSR count). The third-order valence-electron chi connectivity index (χ3n) is 2.39. The van der Waals surface area contributed by atoms with Crippen LogP contribution in [-0.4, -0.2) is 25.5 Å². The molecule has 0 saturated carbocycles. The summed E-state index contributed by atoms with van der Waals surface area (Å²) in [4.78, 5) is 11.5. The molecule has 1 heterocycles. The number of carbonyl (C=O) groups is 1. The Hall–Kier alpha value is -0.0600. The second kappa shape index (κ2) is 6.43. The third-order valence-corrected chi connectivity index (χ3v) is 2.67. The minimum Gasteiger partial charge on any atom is -0.351 e. The number of hydrogen-bond acceptors (Lipinski definition) is 2. The van der Waals surface area contributed by atoms with Gasteiger partial charge in [-0.05, 0) is 19.0 Å². The Bertz CT molecular complexity index is 219. The Morgan fingerprint density at radius 1 is 1.71 bits per heavy atom. The molecule has 1 fully saturated rings. The summed E-state index contributed by atoms with van der Waals surface area (Å²) in [5.74, 6) is 0.726. The highest BCUT2D eigenvalue weighted by atomic mass is 79.9. The van der Waals surface area contributed by atoms with Crippen LogP contribution in [0.15, 0.2) is 11.1 Å². The highest BCUT2D eigenvalue weighted by Gasteiger charge is 2.28. The monoisotopic (exact) mass is 282 g/mol. The molecule has 0 bridgehead atoms. The quantitative estimate of drug-likeness (QED) is 0.816. The molecule has 1 saturated heterocycles. The van der Waals surface area contributed by atoms with Crippen LogP contribution in [0.5, 0.6) is 0 Å². The van der Waals surface area contributed by atoms with E-state index in [2.05, 4.69) is 33.1 Å². The second-order valence-corrected chi connectivity index (χ2v) is 4.56. The van der Waals surface area contributed by atoms with Gasteiger partial charge in [0.05, 0.1) is 0 Å². The molecule has 2 N–H and O–H groups in total. The molecule has 5 heteroatoms. The summed E-state index contributed by atoms with van der Waals surface area (Å²) in [5.41, 5.74) is 0. The van der Waals surface area contributed by atoms with Crippen molar-refractivity contribution in [2.24, 2.45) is 11.8 Å². The van der Waals surface area contributed by atoms with Crippen LogP contribution in [0, 0.1) is 11.8 Å². The Morgan fingerprint density at radius 3 is 2.64 bits per heavy atom. The molecule has 3 nitrogen and oxygen atoms in total. The first-order valence-corrected chi connectivity index (χ1v) is 5.22. The average molecular weight is 284 g/mol. The summed E-state index contributed by atoms with van der Waals surface area (Å²) < 4.78 is 0.805. The van der Waals surface area contributed by atoms with Gasteiger partial charge in [-0.2, -0.15) is 0 Å². The highest BCUT2D eigenvalue weighted by Crippen LogP contribution is 2.15. The Kier molecular flexibility index (Phi) is 6.40. The summed E-state index contributed by atoms with van der Waals surface area (Å²) in [6.07, 6.45) is 0. The zero-order chi connectivity index (χ0) is 9.84. The number of nitrogens with one attached hydrogen (secondary N) is 2. The number of amides is 1. The van der Waals surface area contributed by atoms with Gasteiger partial charge in [0.1, 0.15) is 0 Å². The molecule has 1 aliphatic rings. The number of hydrogen-bond donors (Lipinski definition) is 2. The van der Waals surface area contributed by atoms with Crippen molar-refractivity contribution in [2.45, 2.75) is 6.92 Å². The van der Waals surface area contributed by atoms with Gasteiger partial charge >= 0.3 is 0 Å². The van der Waals surface area contributed by atoms with Crippen molar-refractivity contribution in [1.29, 1.82) is 0 Å². The molecule has 14 heavy (non-hydrogen) atoms. The second-order valence-electron chi connectivity index (χ2n) is 3.44. The largest absolute Gasteiger partial charge is 0.351 e. The van der Waals surface area contributed by atoms with Crippen molar-refractivity contribution < 1.29 is 4.79 Å². The lowest BCUT2D eigenvalue weighted by Gasteiger charge is -2.31. The van der Waals surface area contributed by atoms with Crippen molar-refractivity contribution >= 4 is 34.2 Å². The molecule has 0 spiro atoms. The van der Waals surface area contributed by atoms with E-state index in [1.54, 1.807) is 0 Å². The van der Waals surface area contributed by atoms with Crippen LogP contribution in [0.4, 0.5) is 0 Å². The van der Waals surface area contributed by atoms with E-state index in [0.717, 1.165) is 17.6 Å². The van der Waals surface area contributed by atoms with Gasteiger partial charge in [0.2, 0.25) is 5.91 Å². The molecule has 1 aliphatic heterocycles. The zero-order valence-electron chi connectivity index (χ0n) is 8.18. The summed E-state index contributed by atoms with van der Waals surface area (Å²) in [6.45, 7) is 8.07. The van der Waals surface area contributed by atoms with Crippen molar-refractivity contribution in [3.63, 3.8) is 0 Å². The molecule has 1 amide bonds. The third kappa shape index (κ3) is 3.98. The molecular formula is C9H16BrClN2O. The normalized spacial score (nSPS) is 17.6. The van der Waals surface area contributed by atoms with Gasteiger partial charge in [-0.3, -0.25) is 4.79 Å². The first kappa shape index (κ1) is 13.9. The van der Waals surface area contributed by atoms with Crippen molar-refractivity contribution in [3.8, 4) is 0 Å². The number of halogens is 2. The predicted octanol–water partition coefficient (Wildman–Crippen LogP) is 1.29. The van der Waals surface area contributed by atoms with Crippen LogP contribution < -0.4 is 10.6 Å². The summed E-state index contributed by atoms with van der Waals surface area (Å²) in [6, 6.07) is 0. The molecule has 0 aromatic heterocycles. The summed E-state index contributed by atoms with van der Waals surface area (Å²) >= 11 is 3.20. The van der Waals surface area contributed by atoms with Crippen molar-refractivity contribution in [1.82, 2.24) is 10.6 Å². The van der Waals surface area contributed by atoms with Gasteiger partial charge in [0.25, 0.3) is 0 Å². The molecular weight excluding hydrogens is 267 g/mol. The number of rotatable bonds is 4. The van der Waals surface area contributed by atoms with E-state index in [9.17, 15) is 4.79 Å². The maximum atomic E-state index is 11.5. The van der Waals surface area contributed by atoms with Crippen LogP contribution in [0.25, 0.3) is 0 Å². The van der Waals surface area contributed by atoms with Gasteiger partial charge in [-0.25, -0.2) is 0 Å². The lowest BCUT2D eigenvalue weighted by atomic mass is 9.88. The van der Waals surface area contributed by atoms with E-state index in [-0.39, 0.29) is 24.2 Å². The van der Waals surface area contributed by atoms with Gasteiger partial charge in [-0.1, -0.05) is 29.4 Å². The van der Waals surface area contributed by atoms with E-state index in [4.69, 9.17) is 0 Å². The molecule has 1 atom stereocenters. The van der Waals surface area contributed by atoms with Crippen LogP contribution in [0.1, 0.15) is 6.92 Å². The lowest BCUT2D eigenvalue weighted by molar-refractivity contribution is -0.126. The maximum Gasteiger partial charge on any atom is 0.223 e. The van der Waals surface area contributed by atoms with Gasteiger partial charge in [-0.15, -0.1) is 12.4 Å². The average Bonchev–Trinajstić information content (AvgIpc) is 1.96. The van der Waals surface area contributed by atoms with Crippen LogP contribution in [0.3, 0.4) is 0 Å². The fourth-order valence-corrected chi connectivity index (χ4v) is 1.36. The number of carbonyl (C=O) groups excluding carboxylic acids is 1. The fraction of sp³-hybridized carbons (Fsp3) is 0.667. The highest BCUT2D eigenvalue weighted by molar-refractivity contribution is 9.11. The molecule has 0 radical (unpaired) electrons. The van der Waals surface area contributed by atoms with Crippen molar-refractivity contribution in [2.75, 3.05) is 19.6 Å². The Balaban J connectivity index is 0.00000169. The Morgan fingerprint density at radius 2 is 2.29 bits per heavy atom. The maximum absolute atomic E-state index is 11.5. The molecule has 0 aliphatic carbocycles. The first-order chi connectivity index (χ1) is 6.11. The smallest absolute Gasteiger partial charge is 0.223 e. The molecule has 1 unspecified atom stereocenters. The SMILES string of the molecule is C=C(Br)CNC(=O)C(C)C1CNC1.Cl. The topological polar surface area (TPSA) is 41.1 Å². The summed E-state index contributed by atoms with van der Waals surface area (Å²) in [7, 11) is 0. The van der Waals surface area contributed by atoms with E-state index >= 15 is 0 Å². The van der Waals surface area contributed by atoms with E-state index in [1.807, 2.05) is 6.92 Å². The van der Waals surface area contributed by atoms with E-state index in [1.165, 1.54) is 0 Å². The molecule has 0 aromatic rings. The van der Waals surface area contributed by atoms with E-state index < -0.39 is 0 Å². The minimum atomic E-state index is 0. The predicted molar refractivity (Wildman–Crippen MR) is 63.8 cm³/mol. The lowest BCUT2D eigenvalue weighted by Crippen LogP contribution is -2.49. The minimum absolute atomic E-state index is 0. The van der Waals surface area contributed by atoms with Crippen LogP contribution >= 0.6 is 28.3 Å². The Labute approximate surface area is 99.2 Å². The first-order valence-electron chi connectivity index (χ1n) is 4.43. The molecule has 0 aromatic carbocycles. The standard InChI is InChI=1S/C9H15BrN2O.ClH/c1-6(10)3-12-9(13)7(2)8-4-11-5-8;/h7-8,11H,1,3-5H2,2H3,(H,12,13);1H. The van der Waals surface area contributed by atoms with Gasteiger partial charge in [0, 0.05) is 16.9 Å². The van der Waals surface area contributed by atoms with Crippen LogP contribution in [0.2, 0.25) is 0 Å². The van der Waals surface area contributed by atoms with Gasteiger partial charge < -0.3 is 10.6 Å². The van der Waals surface area contributed by atoms with Crippen molar-refractivity contribution in [3.05, 3.63) is 11.1 Å². The van der Waals surface area contributed by atoms with Gasteiger partial charge in [0.15, 0.2) is 0 Å². The van der Waals surface area contributed by atoms with Crippen LogP contribution in [-0.2, 0) is 4.79 Å². The molecule has 82 valence electrons. The summed E-state index contributed by atoms with van der Waals surface area (Å²) in [5, 5.41) is 5.97. The fourth-order valence-electron chi connectivity index (χ4n) is 1.22. The zero-order valence-corrected chi connectivity index (χ0v) is 10.6.